The van der Waals surface area contributed by atoms with Gasteiger partial charge in [0.15, 0.2) is 0 Å². The molecule has 1 saturated heterocycles. The van der Waals surface area contributed by atoms with Crippen molar-refractivity contribution in [3.05, 3.63) is 0 Å². The largest absolute Gasteiger partial charge is 0.377 e. The van der Waals surface area contributed by atoms with E-state index in [4.69, 9.17) is 4.74 Å². The lowest BCUT2D eigenvalue weighted by atomic mass is 9.84. The van der Waals surface area contributed by atoms with Gasteiger partial charge in [-0.05, 0) is 38.1 Å². The maximum atomic E-state index is 12.5. The Morgan fingerprint density at radius 2 is 1.94 bits per heavy atom. The fraction of sp³-hybridized carbons (Fsp3) is 0.929. The van der Waals surface area contributed by atoms with E-state index in [2.05, 4.69) is 10.2 Å². The molecule has 1 amide bonds. The van der Waals surface area contributed by atoms with Crippen LogP contribution in [0, 0.1) is 11.8 Å². The molecule has 4 nitrogen and oxygen atoms in total. The van der Waals surface area contributed by atoms with Gasteiger partial charge in [-0.25, -0.2) is 0 Å². The Morgan fingerprint density at radius 1 is 1.22 bits per heavy atom. The molecule has 1 N–H and O–H groups in total. The minimum Gasteiger partial charge on any atom is -0.377 e. The third-order valence-electron chi connectivity index (χ3n) is 4.99. The Balaban J connectivity index is 1.71. The molecule has 0 aromatic rings. The quantitative estimate of drug-likeness (QED) is 0.797. The van der Waals surface area contributed by atoms with Crippen molar-refractivity contribution >= 4 is 5.91 Å². The Hall–Kier alpha value is -0.610. The molecule has 1 aliphatic heterocycles. The number of carbonyl (C=O) groups is 1. The number of hydrogen-bond donors (Lipinski definition) is 1. The van der Waals surface area contributed by atoms with Gasteiger partial charge < -0.3 is 15.0 Å². The van der Waals surface area contributed by atoms with Gasteiger partial charge in [0.1, 0.15) is 6.04 Å². The topological polar surface area (TPSA) is 41.6 Å². The minimum atomic E-state index is -0.146. The maximum absolute atomic E-state index is 12.5. The van der Waals surface area contributed by atoms with Gasteiger partial charge in [-0.3, -0.25) is 4.79 Å². The van der Waals surface area contributed by atoms with Crippen LogP contribution in [0.3, 0.4) is 0 Å². The average Bonchev–Trinajstić information content (AvgIpc) is 2.61. The van der Waals surface area contributed by atoms with Crippen molar-refractivity contribution in [1.82, 2.24) is 10.2 Å². The zero-order chi connectivity index (χ0) is 12.5. The van der Waals surface area contributed by atoms with Crippen LogP contribution in [0.15, 0.2) is 0 Å². The number of likely N-dealkylation sites (N-methyl/N-ethyl adjacent to an activating group) is 1. The maximum Gasteiger partial charge on any atom is 0.242 e. The van der Waals surface area contributed by atoms with Crippen molar-refractivity contribution in [3.63, 3.8) is 0 Å². The molecule has 0 aromatic heterocycles. The first kappa shape index (κ1) is 12.4. The summed E-state index contributed by atoms with van der Waals surface area (Å²) in [4.78, 5) is 14.6. The summed E-state index contributed by atoms with van der Waals surface area (Å²) in [5, 5.41) is 3.08. The zero-order valence-corrected chi connectivity index (χ0v) is 11.2. The average molecular weight is 252 g/mol. The van der Waals surface area contributed by atoms with Crippen LogP contribution >= 0.6 is 0 Å². The van der Waals surface area contributed by atoms with E-state index in [9.17, 15) is 4.79 Å². The molecule has 3 aliphatic rings. The van der Waals surface area contributed by atoms with Gasteiger partial charge in [-0.15, -0.1) is 0 Å². The number of hydrogen-bond acceptors (Lipinski definition) is 3. The smallest absolute Gasteiger partial charge is 0.242 e. The standard InChI is InChI=1S/C14H24N2O2/c1-15-13-9-18-5-4-16(14(13)17)12-7-10-2-3-11(6-10)8-12/h10-13,15H,2-9H2,1H3. The van der Waals surface area contributed by atoms with Crippen molar-refractivity contribution in [2.24, 2.45) is 11.8 Å². The van der Waals surface area contributed by atoms with Crippen molar-refractivity contribution in [1.29, 1.82) is 0 Å². The first-order valence-electron chi connectivity index (χ1n) is 7.33. The van der Waals surface area contributed by atoms with Crippen molar-refractivity contribution in [3.8, 4) is 0 Å². The van der Waals surface area contributed by atoms with Gasteiger partial charge in [-0.2, -0.15) is 0 Å². The third-order valence-corrected chi connectivity index (χ3v) is 4.99. The molecule has 102 valence electrons. The van der Waals surface area contributed by atoms with Crippen LogP contribution in [-0.4, -0.2) is 49.7 Å². The monoisotopic (exact) mass is 252 g/mol. The number of carbonyl (C=O) groups excluding carboxylic acids is 1. The summed E-state index contributed by atoms with van der Waals surface area (Å²) in [6.45, 7) is 1.99. The van der Waals surface area contributed by atoms with Gasteiger partial charge in [0.25, 0.3) is 0 Å². The minimum absolute atomic E-state index is 0.146. The first-order chi connectivity index (χ1) is 8.78. The molecule has 2 bridgehead atoms. The third kappa shape index (κ3) is 2.28. The van der Waals surface area contributed by atoms with E-state index in [0.29, 0.717) is 19.3 Å². The lowest BCUT2D eigenvalue weighted by molar-refractivity contribution is -0.135. The van der Waals surface area contributed by atoms with Crippen molar-refractivity contribution in [2.45, 2.75) is 44.2 Å². The summed E-state index contributed by atoms with van der Waals surface area (Å²) in [6, 6.07) is 0.327. The van der Waals surface area contributed by atoms with Crippen LogP contribution in [0.2, 0.25) is 0 Å². The predicted molar refractivity (Wildman–Crippen MR) is 69.2 cm³/mol. The van der Waals surface area contributed by atoms with E-state index in [0.717, 1.165) is 18.4 Å². The van der Waals surface area contributed by atoms with Crippen LogP contribution in [0.5, 0.6) is 0 Å². The van der Waals surface area contributed by atoms with Crippen molar-refractivity contribution < 1.29 is 9.53 Å². The fourth-order valence-corrected chi connectivity index (χ4v) is 4.04. The molecule has 3 unspecified atom stereocenters. The first-order valence-corrected chi connectivity index (χ1v) is 7.33. The van der Waals surface area contributed by atoms with Gasteiger partial charge in [0.05, 0.1) is 13.2 Å². The summed E-state index contributed by atoms with van der Waals surface area (Å²) < 4.78 is 5.53. The number of rotatable bonds is 2. The molecule has 2 aliphatic carbocycles. The molecule has 2 saturated carbocycles. The Bertz CT molecular complexity index is 309. The lowest BCUT2D eigenvalue weighted by Gasteiger charge is -2.37. The number of amides is 1. The Labute approximate surface area is 109 Å². The SMILES string of the molecule is CNC1COCCN(C2CC3CCC(C3)C2)C1=O. The van der Waals surface area contributed by atoms with E-state index in [1.165, 1.54) is 32.1 Å². The summed E-state index contributed by atoms with van der Waals surface area (Å²) in [5.74, 6) is 2.00. The van der Waals surface area contributed by atoms with Crippen LogP contribution in [0.1, 0.15) is 32.1 Å². The predicted octanol–water partition coefficient (Wildman–Crippen LogP) is 1.01. The molecule has 0 spiro atoms. The summed E-state index contributed by atoms with van der Waals surface area (Å²) in [7, 11) is 1.85. The fourth-order valence-electron chi connectivity index (χ4n) is 4.04. The molecular weight excluding hydrogens is 228 g/mol. The molecule has 3 fully saturated rings. The van der Waals surface area contributed by atoms with Gasteiger partial charge in [0.2, 0.25) is 5.91 Å². The van der Waals surface area contributed by atoms with Gasteiger partial charge in [0, 0.05) is 12.6 Å². The molecule has 0 radical (unpaired) electrons. The molecule has 1 heterocycles. The molecule has 3 atom stereocenters. The second-order valence-electron chi connectivity index (χ2n) is 6.12. The second kappa shape index (κ2) is 5.17. The highest BCUT2D eigenvalue weighted by Crippen LogP contribution is 2.43. The van der Waals surface area contributed by atoms with Crippen molar-refractivity contribution in [2.75, 3.05) is 26.8 Å². The van der Waals surface area contributed by atoms with Crippen LogP contribution in [-0.2, 0) is 9.53 Å². The molecule has 4 heteroatoms. The van der Waals surface area contributed by atoms with E-state index in [1.54, 1.807) is 0 Å². The lowest BCUT2D eigenvalue weighted by Crippen LogP contribution is -2.51. The van der Waals surface area contributed by atoms with Crippen LogP contribution < -0.4 is 5.32 Å². The molecular formula is C14H24N2O2. The summed E-state index contributed by atoms with van der Waals surface area (Å²) in [5.41, 5.74) is 0. The number of nitrogens with one attached hydrogen (secondary N) is 1. The van der Waals surface area contributed by atoms with Crippen LogP contribution in [0.4, 0.5) is 0 Å². The Morgan fingerprint density at radius 3 is 2.61 bits per heavy atom. The van der Waals surface area contributed by atoms with Crippen LogP contribution in [0.25, 0.3) is 0 Å². The Kier molecular flexibility index (Phi) is 3.57. The molecule has 0 aromatic carbocycles. The van der Waals surface area contributed by atoms with E-state index < -0.39 is 0 Å². The van der Waals surface area contributed by atoms with Gasteiger partial charge >= 0.3 is 0 Å². The highest BCUT2D eigenvalue weighted by atomic mass is 16.5. The van der Waals surface area contributed by atoms with E-state index in [-0.39, 0.29) is 11.9 Å². The van der Waals surface area contributed by atoms with E-state index in [1.807, 2.05) is 7.05 Å². The summed E-state index contributed by atoms with van der Waals surface area (Å²) in [6.07, 6.45) is 6.62. The highest BCUT2D eigenvalue weighted by molar-refractivity contribution is 5.82. The molecule has 18 heavy (non-hydrogen) atoms. The van der Waals surface area contributed by atoms with E-state index >= 15 is 0 Å². The normalized spacial score (nSPS) is 40.9. The second-order valence-corrected chi connectivity index (χ2v) is 6.12. The number of fused-ring (bicyclic) bond motifs is 2. The van der Waals surface area contributed by atoms with Gasteiger partial charge in [-0.1, -0.05) is 12.8 Å². The molecule has 3 rings (SSSR count). The number of ether oxygens (including phenoxy) is 1. The summed E-state index contributed by atoms with van der Waals surface area (Å²) >= 11 is 0. The number of nitrogens with zero attached hydrogens (tertiary/aromatic N) is 1. The highest BCUT2D eigenvalue weighted by Gasteiger charge is 2.39. The zero-order valence-electron chi connectivity index (χ0n) is 11.2.